The van der Waals surface area contributed by atoms with Gasteiger partial charge in [0.25, 0.3) is 0 Å². The van der Waals surface area contributed by atoms with Crippen molar-refractivity contribution in [2.24, 2.45) is 5.92 Å². The average molecular weight is 199 g/mol. The molecular formula is C12H25NO. The Bertz CT molecular complexity index is 143. The molecule has 0 spiro atoms. The Morgan fingerprint density at radius 2 is 2.07 bits per heavy atom. The predicted octanol–water partition coefficient (Wildman–Crippen LogP) is 2.58. The van der Waals surface area contributed by atoms with E-state index < -0.39 is 0 Å². The average Bonchev–Trinajstić information content (AvgIpc) is 2.11. The summed E-state index contributed by atoms with van der Waals surface area (Å²) in [5.41, 5.74) is 0. The highest BCUT2D eigenvalue weighted by Crippen LogP contribution is 2.33. The standard InChI is InChI=1S/C12H25NO/c1-4-6-13-10(3)7-11-8-12(9-11)14-5-2/h10-13H,4-9H2,1-3H3. The van der Waals surface area contributed by atoms with Gasteiger partial charge in [0.15, 0.2) is 0 Å². The SMILES string of the molecule is CCCNC(C)CC1CC(OCC)C1. The molecule has 0 amide bonds. The molecule has 1 fully saturated rings. The summed E-state index contributed by atoms with van der Waals surface area (Å²) in [5, 5.41) is 3.54. The van der Waals surface area contributed by atoms with Gasteiger partial charge in [0.2, 0.25) is 0 Å². The van der Waals surface area contributed by atoms with E-state index in [-0.39, 0.29) is 0 Å². The smallest absolute Gasteiger partial charge is 0.0580 e. The summed E-state index contributed by atoms with van der Waals surface area (Å²) in [6.45, 7) is 8.63. The van der Waals surface area contributed by atoms with E-state index in [0.717, 1.165) is 19.1 Å². The van der Waals surface area contributed by atoms with Crippen molar-refractivity contribution in [1.82, 2.24) is 5.32 Å². The van der Waals surface area contributed by atoms with E-state index >= 15 is 0 Å². The molecule has 14 heavy (non-hydrogen) atoms. The summed E-state index contributed by atoms with van der Waals surface area (Å²) in [4.78, 5) is 0. The topological polar surface area (TPSA) is 21.3 Å². The van der Waals surface area contributed by atoms with Crippen LogP contribution in [0.3, 0.4) is 0 Å². The maximum absolute atomic E-state index is 5.55. The molecule has 2 nitrogen and oxygen atoms in total. The van der Waals surface area contributed by atoms with Crippen molar-refractivity contribution in [2.45, 2.75) is 58.6 Å². The number of nitrogens with one attached hydrogen (secondary N) is 1. The van der Waals surface area contributed by atoms with Gasteiger partial charge in [-0.25, -0.2) is 0 Å². The Morgan fingerprint density at radius 1 is 1.36 bits per heavy atom. The first kappa shape index (κ1) is 12.0. The fourth-order valence-electron chi connectivity index (χ4n) is 2.21. The van der Waals surface area contributed by atoms with Crippen LogP contribution in [-0.4, -0.2) is 25.3 Å². The monoisotopic (exact) mass is 199 g/mol. The summed E-state index contributed by atoms with van der Waals surface area (Å²) < 4.78 is 5.55. The molecule has 0 aliphatic heterocycles. The van der Waals surface area contributed by atoms with Crippen LogP contribution in [0.2, 0.25) is 0 Å². The van der Waals surface area contributed by atoms with Gasteiger partial charge in [-0.15, -0.1) is 0 Å². The molecule has 0 saturated heterocycles. The van der Waals surface area contributed by atoms with Crippen LogP contribution in [0, 0.1) is 5.92 Å². The van der Waals surface area contributed by atoms with Gasteiger partial charge in [-0.2, -0.15) is 0 Å². The normalized spacial score (nSPS) is 28.5. The second-order valence-corrected chi connectivity index (χ2v) is 4.51. The van der Waals surface area contributed by atoms with E-state index in [1.807, 2.05) is 0 Å². The van der Waals surface area contributed by atoms with Crippen LogP contribution in [0.4, 0.5) is 0 Å². The molecule has 1 aliphatic rings. The van der Waals surface area contributed by atoms with E-state index in [4.69, 9.17) is 4.74 Å². The highest BCUT2D eigenvalue weighted by molar-refractivity contribution is 4.82. The van der Waals surface area contributed by atoms with Crippen molar-refractivity contribution in [3.05, 3.63) is 0 Å². The highest BCUT2D eigenvalue weighted by Gasteiger charge is 2.30. The van der Waals surface area contributed by atoms with Crippen molar-refractivity contribution in [3.63, 3.8) is 0 Å². The molecule has 0 heterocycles. The van der Waals surface area contributed by atoms with Crippen molar-refractivity contribution < 1.29 is 4.74 Å². The summed E-state index contributed by atoms with van der Waals surface area (Å²) in [6.07, 6.45) is 5.70. The molecule has 0 aromatic heterocycles. The third-order valence-electron chi connectivity index (χ3n) is 3.02. The molecule has 0 aromatic rings. The molecule has 84 valence electrons. The molecule has 1 aliphatic carbocycles. The lowest BCUT2D eigenvalue weighted by atomic mass is 9.78. The molecule has 0 bridgehead atoms. The molecule has 0 radical (unpaired) electrons. The maximum Gasteiger partial charge on any atom is 0.0580 e. The minimum absolute atomic E-state index is 0.573. The van der Waals surface area contributed by atoms with Gasteiger partial charge >= 0.3 is 0 Å². The Balaban J connectivity index is 1.98. The van der Waals surface area contributed by atoms with E-state index in [1.165, 1.54) is 25.7 Å². The minimum atomic E-state index is 0.573. The molecule has 1 N–H and O–H groups in total. The molecule has 1 rings (SSSR count). The minimum Gasteiger partial charge on any atom is -0.378 e. The second-order valence-electron chi connectivity index (χ2n) is 4.51. The van der Waals surface area contributed by atoms with Crippen molar-refractivity contribution in [1.29, 1.82) is 0 Å². The lowest BCUT2D eigenvalue weighted by molar-refractivity contribution is -0.0285. The Morgan fingerprint density at radius 3 is 2.64 bits per heavy atom. The fourth-order valence-corrected chi connectivity index (χ4v) is 2.21. The zero-order valence-electron chi connectivity index (χ0n) is 9.88. The Hall–Kier alpha value is -0.0800. The van der Waals surface area contributed by atoms with E-state index in [1.54, 1.807) is 0 Å². The highest BCUT2D eigenvalue weighted by atomic mass is 16.5. The van der Waals surface area contributed by atoms with Gasteiger partial charge in [-0.1, -0.05) is 6.92 Å². The van der Waals surface area contributed by atoms with Crippen LogP contribution in [0.1, 0.15) is 46.5 Å². The van der Waals surface area contributed by atoms with Crippen LogP contribution < -0.4 is 5.32 Å². The van der Waals surface area contributed by atoms with E-state index in [0.29, 0.717) is 12.1 Å². The molecule has 1 atom stereocenters. The molecule has 1 unspecified atom stereocenters. The first-order chi connectivity index (χ1) is 6.76. The third kappa shape index (κ3) is 3.97. The van der Waals surface area contributed by atoms with Gasteiger partial charge < -0.3 is 10.1 Å². The van der Waals surface area contributed by atoms with Gasteiger partial charge in [0.1, 0.15) is 0 Å². The van der Waals surface area contributed by atoms with Crippen LogP contribution in [-0.2, 0) is 4.74 Å². The van der Waals surface area contributed by atoms with Crippen LogP contribution in [0.25, 0.3) is 0 Å². The number of hydrogen-bond donors (Lipinski definition) is 1. The molecule has 2 heteroatoms. The van der Waals surface area contributed by atoms with Crippen molar-refractivity contribution in [2.75, 3.05) is 13.2 Å². The van der Waals surface area contributed by atoms with Crippen LogP contribution in [0.5, 0.6) is 0 Å². The van der Waals surface area contributed by atoms with Crippen molar-refractivity contribution in [3.8, 4) is 0 Å². The Kier molecular flexibility index (Phi) is 5.49. The second kappa shape index (κ2) is 6.41. The zero-order chi connectivity index (χ0) is 10.4. The van der Waals surface area contributed by atoms with Gasteiger partial charge in [0, 0.05) is 12.6 Å². The van der Waals surface area contributed by atoms with Gasteiger partial charge in [-0.05, 0) is 52.0 Å². The summed E-state index contributed by atoms with van der Waals surface area (Å²) >= 11 is 0. The third-order valence-corrected chi connectivity index (χ3v) is 3.02. The number of ether oxygens (including phenoxy) is 1. The Labute approximate surface area is 88.4 Å². The molecule has 0 aromatic carbocycles. The lowest BCUT2D eigenvalue weighted by Crippen LogP contribution is -2.37. The fraction of sp³-hybridized carbons (Fsp3) is 1.00. The van der Waals surface area contributed by atoms with Crippen molar-refractivity contribution >= 4 is 0 Å². The largest absolute Gasteiger partial charge is 0.378 e. The summed E-state index contributed by atoms with van der Waals surface area (Å²) in [6, 6.07) is 0.683. The summed E-state index contributed by atoms with van der Waals surface area (Å²) in [5.74, 6) is 0.908. The summed E-state index contributed by atoms with van der Waals surface area (Å²) in [7, 11) is 0. The quantitative estimate of drug-likeness (QED) is 0.680. The predicted molar refractivity (Wildman–Crippen MR) is 60.5 cm³/mol. The lowest BCUT2D eigenvalue weighted by Gasteiger charge is -2.36. The first-order valence-electron chi connectivity index (χ1n) is 6.11. The zero-order valence-corrected chi connectivity index (χ0v) is 9.88. The van der Waals surface area contributed by atoms with Gasteiger partial charge in [0.05, 0.1) is 6.10 Å². The van der Waals surface area contributed by atoms with Crippen LogP contribution in [0.15, 0.2) is 0 Å². The number of hydrogen-bond acceptors (Lipinski definition) is 2. The molecule has 1 saturated carbocycles. The van der Waals surface area contributed by atoms with E-state index in [9.17, 15) is 0 Å². The number of rotatable bonds is 7. The van der Waals surface area contributed by atoms with Gasteiger partial charge in [-0.3, -0.25) is 0 Å². The van der Waals surface area contributed by atoms with E-state index in [2.05, 4.69) is 26.1 Å². The maximum atomic E-state index is 5.55. The molecular weight excluding hydrogens is 174 g/mol. The first-order valence-corrected chi connectivity index (χ1v) is 6.11. The van der Waals surface area contributed by atoms with Crippen LogP contribution >= 0.6 is 0 Å².